The molecule has 0 unspecified atom stereocenters. The molecule has 1 rings (SSSR count). The summed E-state index contributed by atoms with van der Waals surface area (Å²) in [5.41, 5.74) is 0.961. The first-order valence-corrected chi connectivity index (χ1v) is 4.39. The number of benzene rings is 1. The molecule has 0 saturated carbocycles. The van der Waals surface area contributed by atoms with Gasteiger partial charge in [0.1, 0.15) is 5.75 Å². The van der Waals surface area contributed by atoms with E-state index in [4.69, 9.17) is 4.74 Å². The van der Waals surface area contributed by atoms with Crippen molar-refractivity contribution in [3.63, 3.8) is 0 Å². The highest BCUT2D eigenvalue weighted by Crippen LogP contribution is 2.18. The molecule has 76 valence electrons. The van der Waals surface area contributed by atoms with E-state index >= 15 is 0 Å². The Morgan fingerprint density at radius 3 is 2.43 bits per heavy atom. The molecule has 0 radical (unpaired) electrons. The minimum atomic E-state index is -0.297. The van der Waals surface area contributed by atoms with Crippen LogP contribution in [0.3, 0.4) is 0 Å². The van der Waals surface area contributed by atoms with Crippen molar-refractivity contribution >= 4 is 0 Å². The molecule has 0 aromatic heterocycles. The molecule has 0 saturated heterocycles. The molecule has 1 aromatic carbocycles. The molecule has 0 heterocycles. The summed E-state index contributed by atoms with van der Waals surface area (Å²) in [6.45, 7) is 1.80. The second-order valence-electron chi connectivity index (χ2n) is 3.19. The maximum Gasteiger partial charge on any atom is 0.210 e. The fraction of sp³-hybridized carbons (Fsp3) is 0.400. The van der Waals surface area contributed by atoms with Crippen molar-refractivity contribution in [3.05, 3.63) is 39.9 Å². The van der Waals surface area contributed by atoms with Gasteiger partial charge in [-0.25, -0.2) is 0 Å². The first kappa shape index (κ1) is 10.5. The lowest BCUT2D eigenvalue weighted by Crippen LogP contribution is -2.09. The van der Waals surface area contributed by atoms with Crippen LogP contribution in [-0.2, 0) is 0 Å². The SMILES string of the molecule is COc1ccc([C@H](C)C[N+](=O)[O-])cc1. The highest BCUT2D eigenvalue weighted by molar-refractivity contribution is 5.29. The zero-order chi connectivity index (χ0) is 10.6. The van der Waals surface area contributed by atoms with Gasteiger partial charge < -0.3 is 4.74 Å². The molecule has 1 aromatic rings. The summed E-state index contributed by atoms with van der Waals surface area (Å²) in [6, 6.07) is 7.33. The Labute approximate surface area is 82.7 Å². The van der Waals surface area contributed by atoms with Gasteiger partial charge in [0, 0.05) is 10.8 Å². The molecule has 1 atom stereocenters. The van der Waals surface area contributed by atoms with Crippen molar-refractivity contribution in [3.8, 4) is 5.75 Å². The Balaban J connectivity index is 2.71. The molecule has 0 aliphatic rings. The van der Waals surface area contributed by atoms with E-state index < -0.39 is 0 Å². The lowest BCUT2D eigenvalue weighted by atomic mass is 10.0. The summed E-state index contributed by atoms with van der Waals surface area (Å²) >= 11 is 0. The quantitative estimate of drug-likeness (QED) is 0.546. The van der Waals surface area contributed by atoms with Crippen LogP contribution in [0, 0.1) is 10.1 Å². The molecule has 4 heteroatoms. The summed E-state index contributed by atoms with van der Waals surface area (Å²) in [7, 11) is 1.59. The molecule has 0 fully saturated rings. The number of rotatable bonds is 4. The lowest BCUT2D eigenvalue weighted by molar-refractivity contribution is -0.482. The van der Waals surface area contributed by atoms with Gasteiger partial charge in [-0.3, -0.25) is 10.1 Å². The maximum atomic E-state index is 10.3. The number of methoxy groups -OCH3 is 1. The smallest absolute Gasteiger partial charge is 0.210 e. The fourth-order valence-electron chi connectivity index (χ4n) is 1.26. The monoisotopic (exact) mass is 195 g/mol. The highest BCUT2D eigenvalue weighted by atomic mass is 16.6. The molecular formula is C10H13NO3. The van der Waals surface area contributed by atoms with Crippen LogP contribution in [0.5, 0.6) is 5.75 Å². The van der Waals surface area contributed by atoms with Crippen molar-refractivity contribution in [1.82, 2.24) is 0 Å². The first-order chi connectivity index (χ1) is 6.63. The molecule has 0 bridgehead atoms. The van der Waals surface area contributed by atoms with Crippen LogP contribution in [0.2, 0.25) is 0 Å². The fourth-order valence-corrected chi connectivity index (χ4v) is 1.26. The van der Waals surface area contributed by atoms with E-state index in [1.807, 2.05) is 31.2 Å². The third-order valence-corrected chi connectivity index (χ3v) is 2.11. The Morgan fingerprint density at radius 2 is 2.00 bits per heavy atom. The van der Waals surface area contributed by atoms with Crippen LogP contribution in [0.15, 0.2) is 24.3 Å². The summed E-state index contributed by atoms with van der Waals surface area (Å²) in [6.07, 6.45) is 0. The van der Waals surface area contributed by atoms with Crippen LogP contribution >= 0.6 is 0 Å². The van der Waals surface area contributed by atoms with Crippen molar-refractivity contribution in [1.29, 1.82) is 0 Å². The van der Waals surface area contributed by atoms with E-state index in [1.54, 1.807) is 7.11 Å². The average molecular weight is 195 g/mol. The molecule has 4 nitrogen and oxygen atoms in total. The lowest BCUT2D eigenvalue weighted by Gasteiger charge is -2.07. The van der Waals surface area contributed by atoms with Crippen LogP contribution in [0.4, 0.5) is 0 Å². The van der Waals surface area contributed by atoms with E-state index in [-0.39, 0.29) is 17.4 Å². The van der Waals surface area contributed by atoms with Crippen molar-refractivity contribution in [2.24, 2.45) is 0 Å². The Kier molecular flexibility index (Phi) is 3.45. The van der Waals surface area contributed by atoms with Crippen LogP contribution in [-0.4, -0.2) is 18.6 Å². The van der Waals surface area contributed by atoms with E-state index in [1.165, 1.54) is 0 Å². The second-order valence-corrected chi connectivity index (χ2v) is 3.19. The minimum Gasteiger partial charge on any atom is -0.497 e. The normalized spacial score (nSPS) is 12.1. The van der Waals surface area contributed by atoms with Crippen LogP contribution in [0.1, 0.15) is 18.4 Å². The topological polar surface area (TPSA) is 52.4 Å². The second kappa shape index (κ2) is 4.60. The molecular weight excluding hydrogens is 182 g/mol. The standard InChI is InChI=1S/C10H13NO3/c1-8(7-11(12)13)9-3-5-10(14-2)6-4-9/h3-6,8H,7H2,1-2H3/t8-/m1/s1. The molecule has 0 N–H and O–H groups in total. The zero-order valence-corrected chi connectivity index (χ0v) is 8.27. The van der Waals surface area contributed by atoms with Gasteiger partial charge in [-0.1, -0.05) is 19.1 Å². The number of nitrogens with zero attached hydrogens (tertiary/aromatic N) is 1. The van der Waals surface area contributed by atoms with E-state index in [2.05, 4.69) is 0 Å². The van der Waals surface area contributed by atoms with Gasteiger partial charge in [0.05, 0.1) is 7.11 Å². The Morgan fingerprint density at radius 1 is 1.43 bits per heavy atom. The molecule has 0 amide bonds. The molecule has 0 aliphatic heterocycles. The Hall–Kier alpha value is -1.58. The average Bonchev–Trinajstić information content (AvgIpc) is 2.17. The molecule has 14 heavy (non-hydrogen) atoms. The Bertz CT molecular complexity index is 308. The van der Waals surface area contributed by atoms with E-state index in [0.29, 0.717) is 0 Å². The van der Waals surface area contributed by atoms with Crippen molar-refractivity contribution in [2.45, 2.75) is 12.8 Å². The third kappa shape index (κ3) is 2.73. The zero-order valence-electron chi connectivity index (χ0n) is 8.27. The summed E-state index contributed by atoms with van der Waals surface area (Å²) in [4.78, 5) is 9.99. The predicted molar refractivity (Wildman–Crippen MR) is 53.3 cm³/mol. The van der Waals surface area contributed by atoms with Gasteiger partial charge in [0.25, 0.3) is 0 Å². The number of hydrogen-bond acceptors (Lipinski definition) is 3. The summed E-state index contributed by atoms with van der Waals surface area (Å²) in [5.74, 6) is 0.706. The van der Waals surface area contributed by atoms with Crippen LogP contribution in [0.25, 0.3) is 0 Å². The number of ether oxygens (including phenoxy) is 1. The van der Waals surface area contributed by atoms with Gasteiger partial charge in [-0.2, -0.15) is 0 Å². The first-order valence-electron chi connectivity index (χ1n) is 4.39. The minimum absolute atomic E-state index is 0.0354. The summed E-state index contributed by atoms with van der Waals surface area (Å²) < 4.78 is 5.00. The highest BCUT2D eigenvalue weighted by Gasteiger charge is 2.11. The largest absolute Gasteiger partial charge is 0.497 e. The third-order valence-electron chi connectivity index (χ3n) is 2.11. The maximum absolute atomic E-state index is 10.3. The van der Waals surface area contributed by atoms with E-state index in [9.17, 15) is 10.1 Å². The molecule has 0 aliphatic carbocycles. The van der Waals surface area contributed by atoms with Gasteiger partial charge in [-0.15, -0.1) is 0 Å². The number of nitro groups is 1. The van der Waals surface area contributed by atoms with Crippen molar-refractivity contribution < 1.29 is 9.66 Å². The van der Waals surface area contributed by atoms with E-state index in [0.717, 1.165) is 11.3 Å². The van der Waals surface area contributed by atoms with Gasteiger partial charge >= 0.3 is 0 Å². The van der Waals surface area contributed by atoms with Gasteiger partial charge in [0.2, 0.25) is 6.54 Å². The molecule has 0 spiro atoms. The predicted octanol–water partition coefficient (Wildman–Crippen LogP) is 2.08. The van der Waals surface area contributed by atoms with Crippen molar-refractivity contribution in [2.75, 3.05) is 13.7 Å². The van der Waals surface area contributed by atoms with Crippen LogP contribution < -0.4 is 4.74 Å². The van der Waals surface area contributed by atoms with Gasteiger partial charge in [0.15, 0.2) is 0 Å². The summed E-state index contributed by atoms with van der Waals surface area (Å²) in [5, 5.41) is 10.3. The van der Waals surface area contributed by atoms with Gasteiger partial charge in [-0.05, 0) is 17.7 Å². The number of hydrogen-bond donors (Lipinski definition) is 0.